The minimum atomic E-state index is -0.655. The van der Waals surface area contributed by atoms with Crippen LogP contribution in [0.4, 0.5) is 34.1 Å². The lowest BCUT2D eigenvalue weighted by molar-refractivity contribution is 0.794. The van der Waals surface area contributed by atoms with Gasteiger partial charge >= 0.3 is 0 Å². The lowest BCUT2D eigenvalue weighted by Gasteiger charge is -2.37. The Kier molecular flexibility index (Phi) is 8.84. The lowest BCUT2D eigenvalue weighted by atomic mass is 9.69. The minimum absolute atomic E-state index is 0.655. The van der Waals surface area contributed by atoms with Crippen molar-refractivity contribution < 1.29 is 0 Å². The van der Waals surface area contributed by atoms with Gasteiger partial charge in [-0.2, -0.15) is 0 Å². The van der Waals surface area contributed by atoms with E-state index in [0.717, 1.165) is 45.3 Å². The van der Waals surface area contributed by atoms with Crippen LogP contribution in [-0.4, -0.2) is 0 Å². The van der Waals surface area contributed by atoms with E-state index in [1.165, 1.54) is 66.1 Å². The average molecular weight is 861 g/mol. The Labute approximate surface area is 389 Å². The molecule has 13 rings (SSSR count). The van der Waals surface area contributed by atoms with Crippen LogP contribution in [0.25, 0.3) is 54.9 Å². The summed E-state index contributed by atoms with van der Waals surface area (Å²) in [6.45, 7) is 0. The molecule has 11 aromatic rings. The molecule has 2 aliphatic rings. The molecule has 1 spiro atoms. The van der Waals surface area contributed by atoms with Gasteiger partial charge < -0.3 is 9.80 Å². The molecule has 3 heteroatoms. The summed E-state index contributed by atoms with van der Waals surface area (Å²) < 4.78 is 0. The third-order valence-corrected chi connectivity index (χ3v) is 14.0. The zero-order valence-corrected chi connectivity index (χ0v) is 36.7. The highest BCUT2D eigenvalue weighted by Gasteiger charge is 2.54. The second kappa shape index (κ2) is 15.2. The zero-order chi connectivity index (χ0) is 43.8. The van der Waals surface area contributed by atoms with Gasteiger partial charge in [0, 0.05) is 39.0 Å². The molecular formula is C63H41ClN2. The van der Waals surface area contributed by atoms with Crippen LogP contribution in [0.1, 0.15) is 22.3 Å². The number of fused-ring (bicyclic) bond motifs is 14. The SMILES string of the molecule is Clc1cccc(N(c2cc(-c3ccccc3)cc(N(c3ccccc3)c3ccccc3)c2)c2cc3ccccc3c3c2C2(c4ccccc4-c4c2ccc2ccccc42)c2ccccc2-3)c1. The number of halogens is 1. The van der Waals surface area contributed by atoms with Crippen molar-refractivity contribution in [1.82, 2.24) is 0 Å². The van der Waals surface area contributed by atoms with Crippen molar-refractivity contribution in [2.45, 2.75) is 5.41 Å². The molecule has 310 valence electrons. The molecule has 0 radical (unpaired) electrons. The molecule has 2 nitrogen and oxygen atoms in total. The van der Waals surface area contributed by atoms with Crippen LogP contribution in [-0.2, 0) is 5.41 Å². The molecule has 66 heavy (non-hydrogen) atoms. The summed E-state index contributed by atoms with van der Waals surface area (Å²) in [6.07, 6.45) is 0. The van der Waals surface area contributed by atoms with Crippen LogP contribution >= 0.6 is 11.6 Å². The molecule has 0 aromatic heterocycles. The highest BCUT2D eigenvalue weighted by Crippen LogP contribution is 2.67. The summed E-state index contributed by atoms with van der Waals surface area (Å²) in [5, 5.41) is 5.58. The summed E-state index contributed by atoms with van der Waals surface area (Å²) in [5.74, 6) is 0. The minimum Gasteiger partial charge on any atom is -0.310 e. The van der Waals surface area contributed by atoms with E-state index in [0.29, 0.717) is 5.02 Å². The topological polar surface area (TPSA) is 6.48 Å². The molecule has 0 aliphatic heterocycles. The van der Waals surface area contributed by atoms with Gasteiger partial charge in [-0.05, 0) is 138 Å². The quantitative estimate of drug-likeness (QED) is 0.158. The Hall–Kier alpha value is -8.17. The van der Waals surface area contributed by atoms with Crippen molar-refractivity contribution in [3.63, 3.8) is 0 Å². The number of hydrogen-bond donors (Lipinski definition) is 0. The zero-order valence-electron chi connectivity index (χ0n) is 35.9. The van der Waals surface area contributed by atoms with Gasteiger partial charge in [0.15, 0.2) is 0 Å². The van der Waals surface area contributed by atoms with Gasteiger partial charge in [-0.15, -0.1) is 0 Å². The van der Waals surface area contributed by atoms with Crippen LogP contribution in [0.3, 0.4) is 0 Å². The van der Waals surface area contributed by atoms with Crippen molar-refractivity contribution in [1.29, 1.82) is 0 Å². The fraction of sp³-hybridized carbons (Fsp3) is 0.0159. The van der Waals surface area contributed by atoms with Gasteiger partial charge in [0.2, 0.25) is 0 Å². The highest BCUT2D eigenvalue weighted by atomic mass is 35.5. The summed E-state index contributed by atoms with van der Waals surface area (Å²) in [4.78, 5) is 4.85. The van der Waals surface area contributed by atoms with Crippen molar-refractivity contribution in [2.75, 3.05) is 9.80 Å². The summed E-state index contributed by atoms with van der Waals surface area (Å²) in [6, 6.07) is 90.8. The van der Waals surface area contributed by atoms with Crippen molar-refractivity contribution in [2.24, 2.45) is 0 Å². The molecule has 1 unspecified atom stereocenters. The smallest absolute Gasteiger partial charge is 0.0746 e. The van der Waals surface area contributed by atoms with E-state index in [9.17, 15) is 0 Å². The monoisotopic (exact) mass is 860 g/mol. The van der Waals surface area contributed by atoms with Crippen LogP contribution in [0.2, 0.25) is 5.02 Å². The number of hydrogen-bond acceptors (Lipinski definition) is 2. The van der Waals surface area contributed by atoms with E-state index < -0.39 is 5.41 Å². The van der Waals surface area contributed by atoms with Crippen molar-refractivity contribution >= 4 is 67.3 Å². The molecule has 0 fully saturated rings. The van der Waals surface area contributed by atoms with Crippen LogP contribution < -0.4 is 9.80 Å². The number of rotatable bonds is 7. The molecule has 0 saturated carbocycles. The first-order valence-electron chi connectivity index (χ1n) is 22.6. The van der Waals surface area contributed by atoms with E-state index in [-0.39, 0.29) is 0 Å². The average Bonchev–Trinajstić information content (AvgIpc) is 3.86. The molecule has 2 aliphatic carbocycles. The fourth-order valence-corrected chi connectivity index (χ4v) is 11.4. The molecule has 1 atom stereocenters. The normalized spacial score (nSPS) is 14.2. The summed E-state index contributed by atoms with van der Waals surface area (Å²) >= 11 is 7.09. The van der Waals surface area contributed by atoms with Crippen LogP contribution in [0, 0.1) is 0 Å². The Morgan fingerprint density at radius 1 is 0.318 bits per heavy atom. The van der Waals surface area contributed by atoms with Crippen LogP contribution in [0.5, 0.6) is 0 Å². The maximum absolute atomic E-state index is 7.09. The van der Waals surface area contributed by atoms with Gasteiger partial charge in [0.1, 0.15) is 0 Å². The van der Waals surface area contributed by atoms with Gasteiger partial charge in [0.25, 0.3) is 0 Å². The second-order valence-corrected chi connectivity index (χ2v) is 17.8. The summed E-state index contributed by atoms with van der Waals surface area (Å²) in [5.41, 5.74) is 18.1. The van der Waals surface area contributed by atoms with Gasteiger partial charge in [-0.3, -0.25) is 0 Å². The maximum atomic E-state index is 7.09. The third kappa shape index (κ3) is 5.75. The summed E-state index contributed by atoms with van der Waals surface area (Å²) in [7, 11) is 0. The highest BCUT2D eigenvalue weighted by molar-refractivity contribution is 6.31. The molecule has 0 saturated heterocycles. The Bertz CT molecular complexity index is 3620. The second-order valence-electron chi connectivity index (χ2n) is 17.3. The van der Waals surface area contributed by atoms with E-state index in [2.05, 4.69) is 252 Å². The Morgan fingerprint density at radius 2 is 0.848 bits per heavy atom. The number of benzene rings is 11. The predicted molar refractivity (Wildman–Crippen MR) is 278 cm³/mol. The first kappa shape index (κ1) is 38.3. The van der Waals surface area contributed by atoms with E-state index >= 15 is 0 Å². The van der Waals surface area contributed by atoms with Gasteiger partial charge in [0.05, 0.1) is 11.1 Å². The van der Waals surface area contributed by atoms with Crippen molar-refractivity contribution in [3.05, 3.63) is 276 Å². The Morgan fingerprint density at radius 3 is 1.52 bits per heavy atom. The molecule has 0 N–H and O–H groups in total. The fourth-order valence-electron chi connectivity index (χ4n) is 11.2. The molecule has 11 aromatic carbocycles. The third-order valence-electron chi connectivity index (χ3n) is 13.8. The van der Waals surface area contributed by atoms with E-state index in [4.69, 9.17) is 11.6 Å². The standard InChI is InChI=1S/C63H41ClN2/c64-46-23-18-28-49(40-46)66(51-38-45(42-19-4-1-5-20-42)37-50(41-51)65(47-24-6-2-7-25-47)48-26-8-3-9-27-48)59-39-44-22-11-13-30-53(44)61-55-32-15-17-34-57(55)63(62(59)61)56-33-16-14-31-54(56)60-52-29-12-10-21-43(52)35-36-58(60)63/h1-41H. The van der Waals surface area contributed by atoms with Gasteiger partial charge in [-0.1, -0.05) is 194 Å². The number of para-hydroxylation sites is 2. The van der Waals surface area contributed by atoms with Crippen molar-refractivity contribution in [3.8, 4) is 33.4 Å². The number of nitrogens with zero attached hydrogens (tertiary/aromatic N) is 2. The number of anilines is 6. The van der Waals surface area contributed by atoms with Gasteiger partial charge in [-0.25, -0.2) is 0 Å². The largest absolute Gasteiger partial charge is 0.310 e. The molecule has 0 heterocycles. The predicted octanol–water partition coefficient (Wildman–Crippen LogP) is 17.6. The van der Waals surface area contributed by atoms with E-state index in [1.807, 2.05) is 6.07 Å². The molecule has 0 amide bonds. The Balaban J connectivity index is 1.19. The molecular weight excluding hydrogens is 820 g/mol. The first-order valence-corrected chi connectivity index (χ1v) is 23.0. The maximum Gasteiger partial charge on any atom is 0.0746 e. The van der Waals surface area contributed by atoms with E-state index in [1.54, 1.807) is 0 Å². The van der Waals surface area contributed by atoms with Crippen LogP contribution in [0.15, 0.2) is 249 Å². The first-order chi connectivity index (χ1) is 32.7. The molecule has 0 bridgehead atoms. The lowest BCUT2D eigenvalue weighted by Crippen LogP contribution is -2.28.